The van der Waals surface area contributed by atoms with E-state index < -0.39 is 0 Å². The molecule has 1 aromatic rings. The molecule has 2 fully saturated rings. The van der Waals surface area contributed by atoms with Crippen molar-refractivity contribution in [3.05, 3.63) is 18.0 Å². The van der Waals surface area contributed by atoms with Gasteiger partial charge in [0.1, 0.15) is 0 Å². The third kappa shape index (κ3) is 2.70. The van der Waals surface area contributed by atoms with Crippen LogP contribution in [-0.4, -0.2) is 45.9 Å². The highest BCUT2D eigenvalue weighted by Gasteiger charge is 2.47. The molecule has 3 rings (SSSR count). The first-order chi connectivity index (χ1) is 9.08. The third-order valence-corrected chi connectivity index (χ3v) is 4.91. The maximum Gasteiger partial charge on any atom is 0.0522 e. The fourth-order valence-corrected chi connectivity index (χ4v) is 3.42. The summed E-state index contributed by atoms with van der Waals surface area (Å²) < 4.78 is 1.90. The van der Waals surface area contributed by atoms with Gasteiger partial charge >= 0.3 is 0 Å². The smallest absolute Gasteiger partial charge is 0.0522 e. The normalized spacial score (nSPS) is 32.7. The van der Waals surface area contributed by atoms with E-state index >= 15 is 0 Å². The van der Waals surface area contributed by atoms with Gasteiger partial charge in [-0.1, -0.05) is 0 Å². The predicted molar refractivity (Wildman–Crippen MR) is 77.1 cm³/mol. The Kier molecular flexibility index (Phi) is 3.39. The van der Waals surface area contributed by atoms with Crippen molar-refractivity contribution in [2.24, 2.45) is 13.0 Å². The zero-order valence-electron chi connectivity index (χ0n) is 12.4. The molecule has 1 aliphatic heterocycles. The van der Waals surface area contributed by atoms with Crippen LogP contribution in [0.4, 0.5) is 0 Å². The first kappa shape index (κ1) is 13.1. The summed E-state index contributed by atoms with van der Waals surface area (Å²) in [6.07, 6.45) is 8.08. The minimum absolute atomic E-state index is 0.370. The monoisotopic (exact) mass is 262 g/mol. The number of hydrogen-bond donors (Lipinski definition) is 1. The second-order valence-electron chi connectivity index (χ2n) is 6.63. The van der Waals surface area contributed by atoms with Gasteiger partial charge in [0.05, 0.1) is 6.20 Å². The Morgan fingerprint density at radius 2 is 2.26 bits per heavy atom. The number of piperazine rings is 1. The predicted octanol–water partition coefficient (Wildman–Crippen LogP) is 1.42. The van der Waals surface area contributed by atoms with Gasteiger partial charge in [0.25, 0.3) is 0 Å². The molecule has 2 heterocycles. The van der Waals surface area contributed by atoms with E-state index in [2.05, 4.69) is 35.4 Å². The quantitative estimate of drug-likeness (QED) is 0.891. The topological polar surface area (TPSA) is 33.1 Å². The van der Waals surface area contributed by atoms with Crippen LogP contribution in [0.1, 0.15) is 32.3 Å². The van der Waals surface area contributed by atoms with Crippen LogP contribution in [0.2, 0.25) is 0 Å². The van der Waals surface area contributed by atoms with Crippen molar-refractivity contribution < 1.29 is 0 Å². The molecule has 4 nitrogen and oxygen atoms in total. The van der Waals surface area contributed by atoms with E-state index in [0.717, 1.165) is 25.4 Å². The van der Waals surface area contributed by atoms with Crippen molar-refractivity contribution in [3.63, 3.8) is 0 Å². The average molecular weight is 262 g/mol. The molecule has 1 N–H and O–H groups in total. The Balaban J connectivity index is 1.65. The Hall–Kier alpha value is -0.870. The van der Waals surface area contributed by atoms with Crippen molar-refractivity contribution in [3.8, 4) is 0 Å². The third-order valence-electron chi connectivity index (χ3n) is 4.91. The SMILES string of the molecule is CC1CN(CCc2cnn(C)c2)C(C)(C2CC2)CN1. The molecular weight excluding hydrogens is 236 g/mol. The Morgan fingerprint density at radius 1 is 1.47 bits per heavy atom. The van der Waals surface area contributed by atoms with E-state index in [1.54, 1.807) is 0 Å². The summed E-state index contributed by atoms with van der Waals surface area (Å²) in [7, 11) is 1.99. The minimum atomic E-state index is 0.370. The summed E-state index contributed by atoms with van der Waals surface area (Å²) in [6, 6.07) is 0.612. The number of rotatable bonds is 4. The second kappa shape index (κ2) is 4.91. The lowest BCUT2D eigenvalue weighted by molar-refractivity contribution is 0.0395. The maximum atomic E-state index is 4.26. The molecule has 106 valence electrons. The molecule has 19 heavy (non-hydrogen) atoms. The number of hydrogen-bond acceptors (Lipinski definition) is 3. The Bertz CT molecular complexity index is 437. The van der Waals surface area contributed by atoms with Crippen LogP contribution < -0.4 is 5.32 Å². The molecular formula is C15H26N4. The van der Waals surface area contributed by atoms with Crippen molar-refractivity contribution in [1.29, 1.82) is 0 Å². The lowest BCUT2D eigenvalue weighted by Crippen LogP contribution is -2.64. The van der Waals surface area contributed by atoms with Crippen molar-refractivity contribution >= 4 is 0 Å². The van der Waals surface area contributed by atoms with E-state index in [1.807, 2.05) is 17.9 Å². The van der Waals surface area contributed by atoms with Gasteiger partial charge in [0.15, 0.2) is 0 Å². The van der Waals surface area contributed by atoms with Gasteiger partial charge in [-0.25, -0.2) is 0 Å². The first-order valence-corrected chi connectivity index (χ1v) is 7.54. The van der Waals surface area contributed by atoms with Crippen LogP contribution in [0, 0.1) is 5.92 Å². The highest BCUT2D eigenvalue weighted by Crippen LogP contribution is 2.43. The minimum Gasteiger partial charge on any atom is -0.311 e. The first-order valence-electron chi connectivity index (χ1n) is 7.54. The van der Waals surface area contributed by atoms with Crippen molar-refractivity contribution in [2.45, 2.75) is 44.7 Å². The maximum absolute atomic E-state index is 4.26. The molecule has 4 heteroatoms. The molecule has 1 saturated carbocycles. The molecule has 1 aliphatic carbocycles. The summed E-state index contributed by atoms with van der Waals surface area (Å²) in [5.41, 5.74) is 1.72. The van der Waals surface area contributed by atoms with E-state index in [4.69, 9.17) is 0 Å². The lowest BCUT2D eigenvalue weighted by atomic mass is 9.89. The molecule has 0 radical (unpaired) electrons. The van der Waals surface area contributed by atoms with Crippen LogP contribution in [0.25, 0.3) is 0 Å². The van der Waals surface area contributed by atoms with Crippen LogP contribution in [0.3, 0.4) is 0 Å². The molecule has 1 aromatic heterocycles. The summed E-state index contributed by atoms with van der Waals surface area (Å²) >= 11 is 0. The standard InChI is InChI=1S/C15H26N4/c1-12-9-19(7-6-13-8-17-18(3)10-13)15(2,11-16-12)14-4-5-14/h8,10,12,14,16H,4-7,9,11H2,1-3H3. The molecule has 0 spiro atoms. The van der Waals surface area contributed by atoms with Crippen LogP contribution >= 0.6 is 0 Å². The highest BCUT2D eigenvalue weighted by atomic mass is 15.3. The second-order valence-corrected chi connectivity index (χ2v) is 6.63. The van der Waals surface area contributed by atoms with Gasteiger partial charge in [0.2, 0.25) is 0 Å². The molecule has 0 aromatic carbocycles. The van der Waals surface area contributed by atoms with Crippen molar-refractivity contribution in [2.75, 3.05) is 19.6 Å². The van der Waals surface area contributed by atoms with Gasteiger partial charge in [-0.05, 0) is 44.6 Å². The summed E-state index contributed by atoms with van der Waals surface area (Å²) in [5.74, 6) is 0.904. The number of aromatic nitrogens is 2. The Morgan fingerprint density at radius 3 is 2.89 bits per heavy atom. The summed E-state index contributed by atoms with van der Waals surface area (Å²) in [6.45, 7) is 8.22. The molecule has 2 aliphatic rings. The van der Waals surface area contributed by atoms with Gasteiger partial charge in [-0.2, -0.15) is 5.10 Å². The number of aryl methyl sites for hydroxylation is 1. The zero-order chi connectivity index (χ0) is 13.5. The fraction of sp³-hybridized carbons (Fsp3) is 0.800. The van der Waals surface area contributed by atoms with E-state index in [0.29, 0.717) is 11.6 Å². The molecule has 2 unspecified atom stereocenters. The number of nitrogens with zero attached hydrogens (tertiary/aromatic N) is 3. The van der Waals surface area contributed by atoms with Crippen LogP contribution in [-0.2, 0) is 13.5 Å². The van der Waals surface area contributed by atoms with E-state index in [-0.39, 0.29) is 0 Å². The van der Waals surface area contributed by atoms with Gasteiger partial charge < -0.3 is 5.32 Å². The summed E-state index contributed by atoms with van der Waals surface area (Å²) in [4.78, 5) is 2.72. The molecule has 0 amide bonds. The van der Waals surface area contributed by atoms with Crippen molar-refractivity contribution in [1.82, 2.24) is 20.0 Å². The van der Waals surface area contributed by atoms with Crippen LogP contribution in [0.5, 0.6) is 0 Å². The lowest BCUT2D eigenvalue weighted by Gasteiger charge is -2.48. The van der Waals surface area contributed by atoms with Gasteiger partial charge in [-0.3, -0.25) is 9.58 Å². The molecule has 2 atom stereocenters. The largest absolute Gasteiger partial charge is 0.311 e. The average Bonchev–Trinajstić information content (AvgIpc) is 3.15. The highest BCUT2D eigenvalue weighted by molar-refractivity contribution is 5.08. The number of nitrogens with one attached hydrogen (secondary N) is 1. The van der Waals surface area contributed by atoms with Crippen LogP contribution in [0.15, 0.2) is 12.4 Å². The van der Waals surface area contributed by atoms with Gasteiger partial charge in [0, 0.05) is 44.5 Å². The summed E-state index contributed by atoms with van der Waals surface area (Å²) in [5, 5.41) is 7.93. The molecule has 1 saturated heterocycles. The van der Waals surface area contributed by atoms with Gasteiger partial charge in [-0.15, -0.1) is 0 Å². The van der Waals surface area contributed by atoms with E-state index in [9.17, 15) is 0 Å². The van der Waals surface area contributed by atoms with E-state index in [1.165, 1.54) is 24.9 Å². The Labute approximate surface area is 116 Å². The molecule has 0 bridgehead atoms. The fourth-order valence-electron chi connectivity index (χ4n) is 3.42. The zero-order valence-corrected chi connectivity index (χ0v) is 12.4.